The summed E-state index contributed by atoms with van der Waals surface area (Å²) in [5.41, 5.74) is 6.56. The van der Waals surface area contributed by atoms with Crippen LogP contribution in [0, 0.1) is 0 Å². The Morgan fingerprint density at radius 2 is 2.08 bits per heavy atom. The van der Waals surface area contributed by atoms with Crippen molar-refractivity contribution in [2.75, 3.05) is 5.73 Å². The monoisotopic (exact) mass is 174 g/mol. The first-order chi connectivity index (χ1) is 6.20. The Labute approximate surface area is 75.8 Å². The summed E-state index contributed by atoms with van der Waals surface area (Å²) in [4.78, 5) is 11.2. The number of hydrogen-bond acceptors (Lipinski definition) is 2. The lowest BCUT2D eigenvalue weighted by atomic mass is 10.2. The molecule has 1 aromatic heterocycles. The standard InChI is InChI=1S/C10H10N2O/c1-7(13)12-9-5-3-2-4-8(9)6-10(12)11/h2-6H,11H2,1H3. The summed E-state index contributed by atoms with van der Waals surface area (Å²) in [5.74, 6) is 0.437. The zero-order valence-electron chi connectivity index (χ0n) is 7.32. The van der Waals surface area contributed by atoms with Crippen LogP contribution in [0.4, 0.5) is 5.82 Å². The first-order valence-electron chi connectivity index (χ1n) is 4.07. The smallest absolute Gasteiger partial charge is 0.229 e. The number of nitrogen functional groups attached to an aromatic ring is 1. The Bertz CT molecular complexity index is 471. The predicted molar refractivity (Wildman–Crippen MR) is 52.7 cm³/mol. The van der Waals surface area contributed by atoms with E-state index in [9.17, 15) is 4.79 Å². The molecule has 0 aliphatic carbocycles. The average Bonchev–Trinajstić information content (AvgIpc) is 2.39. The molecular formula is C10H10N2O. The number of para-hydroxylation sites is 1. The highest BCUT2D eigenvalue weighted by Crippen LogP contribution is 2.20. The molecule has 1 aromatic carbocycles. The molecule has 0 aliphatic heterocycles. The fourth-order valence-electron chi connectivity index (χ4n) is 1.53. The van der Waals surface area contributed by atoms with Gasteiger partial charge in [0.05, 0.1) is 5.52 Å². The zero-order chi connectivity index (χ0) is 9.42. The van der Waals surface area contributed by atoms with Crippen molar-refractivity contribution in [1.29, 1.82) is 0 Å². The van der Waals surface area contributed by atoms with Crippen molar-refractivity contribution in [1.82, 2.24) is 4.57 Å². The highest BCUT2D eigenvalue weighted by atomic mass is 16.1. The molecule has 2 rings (SSSR count). The number of nitrogens with zero attached hydrogens (tertiary/aromatic N) is 1. The molecule has 3 nitrogen and oxygen atoms in total. The van der Waals surface area contributed by atoms with Gasteiger partial charge in [-0.25, -0.2) is 0 Å². The lowest BCUT2D eigenvalue weighted by molar-refractivity contribution is 0.0944. The number of rotatable bonds is 0. The molecule has 66 valence electrons. The van der Waals surface area contributed by atoms with Crippen molar-refractivity contribution in [3.05, 3.63) is 30.3 Å². The maximum absolute atomic E-state index is 11.2. The molecule has 3 heteroatoms. The second-order valence-electron chi connectivity index (χ2n) is 2.98. The third-order valence-electron chi connectivity index (χ3n) is 2.05. The quantitative estimate of drug-likeness (QED) is 0.662. The number of aromatic nitrogens is 1. The molecule has 0 radical (unpaired) electrons. The van der Waals surface area contributed by atoms with E-state index in [4.69, 9.17) is 5.73 Å². The zero-order valence-corrected chi connectivity index (χ0v) is 7.32. The van der Waals surface area contributed by atoms with Gasteiger partial charge in [0, 0.05) is 12.3 Å². The topological polar surface area (TPSA) is 48.0 Å². The molecule has 2 N–H and O–H groups in total. The van der Waals surface area contributed by atoms with Gasteiger partial charge >= 0.3 is 0 Å². The normalized spacial score (nSPS) is 10.5. The molecule has 0 fully saturated rings. The van der Waals surface area contributed by atoms with Gasteiger partial charge in [-0.2, -0.15) is 0 Å². The van der Waals surface area contributed by atoms with E-state index in [1.54, 1.807) is 6.07 Å². The van der Waals surface area contributed by atoms with Crippen LogP contribution in [0.1, 0.15) is 11.7 Å². The van der Waals surface area contributed by atoms with Gasteiger partial charge in [-0.3, -0.25) is 9.36 Å². The van der Waals surface area contributed by atoms with Crippen LogP contribution in [0.25, 0.3) is 10.9 Å². The van der Waals surface area contributed by atoms with E-state index in [2.05, 4.69) is 0 Å². The summed E-state index contributed by atoms with van der Waals surface area (Å²) < 4.78 is 1.51. The van der Waals surface area contributed by atoms with E-state index in [0.29, 0.717) is 5.82 Å². The number of nitrogens with two attached hydrogens (primary N) is 1. The lowest BCUT2D eigenvalue weighted by Crippen LogP contribution is -2.08. The van der Waals surface area contributed by atoms with E-state index in [1.165, 1.54) is 11.5 Å². The highest BCUT2D eigenvalue weighted by Gasteiger charge is 2.07. The van der Waals surface area contributed by atoms with Crippen LogP contribution >= 0.6 is 0 Å². The van der Waals surface area contributed by atoms with Crippen molar-refractivity contribution in [3.8, 4) is 0 Å². The number of carbonyl (C=O) groups is 1. The van der Waals surface area contributed by atoms with Gasteiger partial charge < -0.3 is 5.73 Å². The predicted octanol–water partition coefficient (Wildman–Crippen LogP) is 1.88. The Morgan fingerprint density at radius 1 is 1.38 bits per heavy atom. The summed E-state index contributed by atoms with van der Waals surface area (Å²) in [6, 6.07) is 9.43. The van der Waals surface area contributed by atoms with E-state index < -0.39 is 0 Å². The van der Waals surface area contributed by atoms with Crippen molar-refractivity contribution in [3.63, 3.8) is 0 Å². The van der Waals surface area contributed by atoms with E-state index >= 15 is 0 Å². The fourth-order valence-corrected chi connectivity index (χ4v) is 1.53. The van der Waals surface area contributed by atoms with E-state index in [1.807, 2.05) is 24.3 Å². The van der Waals surface area contributed by atoms with Crippen molar-refractivity contribution >= 4 is 22.6 Å². The van der Waals surface area contributed by atoms with Crippen molar-refractivity contribution < 1.29 is 4.79 Å². The molecular weight excluding hydrogens is 164 g/mol. The molecule has 1 heterocycles. The molecule has 13 heavy (non-hydrogen) atoms. The number of anilines is 1. The molecule has 0 atom stereocenters. The third kappa shape index (κ3) is 1.09. The maximum Gasteiger partial charge on any atom is 0.229 e. The van der Waals surface area contributed by atoms with E-state index in [0.717, 1.165) is 10.9 Å². The van der Waals surface area contributed by atoms with Crippen LogP contribution in [-0.2, 0) is 0 Å². The highest BCUT2D eigenvalue weighted by molar-refractivity contribution is 5.95. The lowest BCUT2D eigenvalue weighted by Gasteiger charge is -2.00. The number of carbonyl (C=O) groups excluding carboxylic acids is 1. The van der Waals surface area contributed by atoms with Crippen LogP contribution in [0.5, 0.6) is 0 Å². The van der Waals surface area contributed by atoms with Gasteiger partial charge in [-0.05, 0) is 12.1 Å². The summed E-state index contributed by atoms with van der Waals surface area (Å²) in [6.45, 7) is 1.50. The Balaban J connectivity index is 2.86. The second-order valence-corrected chi connectivity index (χ2v) is 2.98. The van der Waals surface area contributed by atoms with E-state index in [-0.39, 0.29) is 5.91 Å². The second kappa shape index (κ2) is 2.62. The molecule has 0 spiro atoms. The molecule has 0 unspecified atom stereocenters. The molecule has 0 saturated heterocycles. The third-order valence-corrected chi connectivity index (χ3v) is 2.05. The molecule has 2 aromatic rings. The summed E-state index contributed by atoms with van der Waals surface area (Å²) in [6.07, 6.45) is 0. The average molecular weight is 174 g/mol. The summed E-state index contributed by atoms with van der Waals surface area (Å²) >= 11 is 0. The number of hydrogen-bond donors (Lipinski definition) is 1. The Morgan fingerprint density at radius 3 is 2.77 bits per heavy atom. The SMILES string of the molecule is CC(=O)n1c(N)cc2ccccc21. The van der Waals surface area contributed by atoms with Gasteiger partial charge in [0.1, 0.15) is 5.82 Å². The summed E-state index contributed by atoms with van der Waals surface area (Å²) in [7, 11) is 0. The minimum absolute atomic E-state index is 0.0568. The van der Waals surface area contributed by atoms with Gasteiger partial charge in [0.15, 0.2) is 0 Å². The van der Waals surface area contributed by atoms with Crippen molar-refractivity contribution in [2.24, 2.45) is 0 Å². The number of fused-ring (bicyclic) bond motifs is 1. The Kier molecular flexibility index (Phi) is 1.59. The fraction of sp³-hybridized carbons (Fsp3) is 0.100. The molecule has 0 aliphatic rings. The number of benzene rings is 1. The van der Waals surface area contributed by atoms with Crippen LogP contribution in [0.3, 0.4) is 0 Å². The largest absolute Gasteiger partial charge is 0.385 e. The molecule has 0 bridgehead atoms. The first-order valence-corrected chi connectivity index (χ1v) is 4.07. The maximum atomic E-state index is 11.2. The van der Waals surface area contributed by atoms with Gasteiger partial charge in [0.25, 0.3) is 0 Å². The minimum atomic E-state index is -0.0568. The van der Waals surface area contributed by atoms with Crippen LogP contribution < -0.4 is 5.73 Å². The van der Waals surface area contributed by atoms with Crippen LogP contribution in [0.2, 0.25) is 0 Å². The molecule has 0 saturated carbocycles. The summed E-state index contributed by atoms with van der Waals surface area (Å²) in [5, 5.41) is 0.996. The molecule has 0 amide bonds. The van der Waals surface area contributed by atoms with Gasteiger partial charge in [0.2, 0.25) is 5.91 Å². The Hall–Kier alpha value is -1.77. The first kappa shape index (κ1) is 7.86. The van der Waals surface area contributed by atoms with Crippen LogP contribution in [-0.4, -0.2) is 10.5 Å². The van der Waals surface area contributed by atoms with Gasteiger partial charge in [-0.1, -0.05) is 18.2 Å². The minimum Gasteiger partial charge on any atom is -0.385 e. The van der Waals surface area contributed by atoms with Gasteiger partial charge in [-0.15, -0.1) is 0 Å². The van der Waals surface area contributed by atoms with Crippen molar-refractivity contribution in [2.45, 2.75) is 6.92 Å². The van der Waals surface area contributed by atoms with Crippen LogP contribution in [0.15, 0.2) is 30.3 Å².